The van der Waals surface area contributed by atoms with Crippen molar-refractivity contribution in [2.75, 3.05) is 5.32 Å². The van der Waals surface area contributed by atoms with Crippen LogP contribution in [0.25, 0.3) is 10.6 Å². The molecule has 1 N–H and O–H groups in total. The zero-order valence-corrected chi connectivity index (χ0v) is 15.8. The first-order valence-corrected chi connectivity index (χ1v) is 9.75. The molecule has 138 valence electrons. The van der Waals surface area contributed by atoms with Crippen molar-refractivity contribution in [1.29, 1.82) is 0 Å². The summed E-state index contributed by atoms with van der Waals surface area (Å²) in [7, 11) is 0. The number of benzene rings is 2. The van der Waals surface area contributed by atoms with Gasteiger partial charge in [0.1, 0.15) is 0 Å². The van der Waals surface area contributed by atoms with Crippen molar-refractivity contribution in [2.45, 2.75) is 12.3 Å². The summed E-state index contributed by atoms with van der Waals surface area (Å²) in [6.45, 7) is 0. The fourth-order valence-electron chi connectivity index (χ4n) is 3.03. The van der Waals surface area contributed by atoms with Gasteiger partial charge in [0.15, 0.2) is 5.01 Å². The van der Waals surface area contributed by atoms with Crippen molar-refractivity contribution in [3.05, 3.63) is 96.3 Å². The molecule has 0 aliphatic carbocycles. The number of amides is 1. The third-order valence-corrected chi connectivity index (χ3v) is 5.26. The normalized spacial score (nSPS) is 10.8. The number of hydrogen-bond donors (Lipinski definition) is 1. The van der Waals surface area contributed by atoms with Gasteiger partial charge in [-0.15, -0.1) is 10.2 Å². The van der Waals surface area contributed by atoms with E-state index in [2.05, 4.69) is 44.8 Å². The fourth-order valence-corrected chi connectivity index (χ4v) is 3.78. The summed E-state index contributed by atoms with van der Waals surface area (Å²) in [5.41, 5.74) is 3.10. The minimum atomic E-state index is -0.0911. The van der Waals surface area contributed by atoms with Crippen molar-refractivity contribution in [3.8, 4) is 10.6 Å². The molecule has 4 rings (SSSR count). The molecule has 0 unspecified atom stereocenters. The minimum absolute atomic E-state index is 0.0203. The topological polar surface area (TPSA) is 67.8 Å². The van der Waals surface area contributed by atoms with Crippen LogP contribution < -0.4 is 5.32 Å². The van der Waals surface area contributed by atoms with Gasteiger partial charge in [0, 0.05) is 30.3 Å². The van der Waals surface area contributed by atoms with Crippen LogP contribution in [0.5, 0.6) is 0 Å². The summed E-state index contributed by atoms with van der Waals surface area (Å²) in [5, 5.41) is 12.3. The van der Waals surface area contributed by atoms with E-state index in [9.17, 15) is 4.79 Å². The number of rotatable bonds is 6. The number of carbonyl (C=O) groups is 1. The van der Waals surface area contributed by atoms with Gasteiger partial charge in [0.25, 0.3) is 0 Å². The van der Waals surface area contributed by atoms with Gasteiger partial charge in [-0.3, -0.25) is 9.78 Å². The number of carbonyl (C=O) groups excluding carboxylic acids is 1. The molecule has 5 nitrogen and oxygen atoms in total. The molecule has 0 spiro atoms. The Morgan fingerprint density at radius 1 is 0.893 bits per heavy atom. The number of nitrogens with zero attached hydrogens (tertiary/aromatic N) is 3. The lowest BCUT2D eigenvalue weighted by atomic mass is 9.88. The molecule has 1 amide bonds. The average Bonchev–Trinajstić information content (AvgIpc) is 3.22. The second-order valence-electron chi connectivity index (χ2n) is 6.28. The van der Waals surface area contributed by atoms with Crippen molar-refractivity contribution in [1.82, 2.24) is 15.2 Å². The molecular formula is C22H18N4OS. The van der Waals surface area contributed by atoms with E-state index in [0.717, 1.165) is 21.7 Å². The molecule has 2 aromatic heterocycles. The largest absolute Gasteiger partial charge is 0.300 e. The smallest absolute Gasteiger partial charge is 0.227 e. The van der Waals surface area contributed by atoms with Gasteiger partial charge in [-0.05, 0) is 23.3 Å². The van der Waals surface area contributed by atoms with Crippen LogP contribution in [-0.2, 0) is 4.79 Å². The molecule has 0 fully saturated rings. The quantitative estimate of drug-likeness (QED) is 0.519. The highest BCUT2D eigenvalue weighted by Gasteiger charge is 2.19. The molecule has 0 atom stereocenters. The van der Waals surface area contributed by atoms with E-state index >= 15 is 0 Å². The van der Waals surface area contributed by atoms with Gasteiger partial charge in [0.2, 0.25) is 11.0 Å². The van der Waals surface area contributed by atoms with Crippen LogP contribution in [0.3, 0.4) is 0 Å². The lowest BCUT2D eigenvalue weighted by Crippen LogP contribution is -2.16. The molecule has 28 heavy (non-hydrogen) atoms. The SMILES string of the molecule is O=C(CC(c1ccccc1)c1ccccc1)Nc1nnc(-c2cccnc2)s1. The number of anilines is 1. The first-order valence-electron chi connectivity index (χ1n) is 8.93. The Balaban J connectivity index is 1.50. The summed E-state index contributed by atoms with van der Waals surface area (Å²) in [4.78, 5) is 16.8. The Morgan fingerprint density at radius 3 is 2.18 bits per heavy atom. The van der Waals surface area contributed by atoms with Gasteiger partial charge >= 0.3 is 0 Å². The zero-order valence-electron chi connectivity index (χ0n) is 15.0. The second-order valence-corrected chi connectivity index (χ2v) is 7.26. The van der Waals surface area contributed by atoms with Crippen molar-refractivity contribution in [2.24, 2.45) is 0 Å². The molecule has 0 aliphatic heterocycles. The van der Waals surface area contributed by atoms with Crippen molar-refractivity contribution in [3.63, 3.8) is 0 Å². The Labute approximate surface area is 167 Å². The van der Waals surface area contributed by atoms with E-state index in [1.807, 2.05) is 48.5 Å². The van der Waals surface area contributed by atoms with Gasteiger partial charge < -0.3 is 5.32 Å². The molecular weight excluding hydrogens is 368 g/mol. The minimum Gasteiger partial charge on any atom is -0.300 e. The molecule has 0 radical (unpaired) electrons. The highest BCUT2D eigenvalue weighted by molar-refractivity contribution is 7.18. The third-order valence-electron chi connectivity index (χ3n) is 4.37. The Morgan fingerprint density at radius 2 is 1.57 bits per heavy atom. The number of aromatic nitrogens is 3. The van der Waals surface area contributed by atoms with E-state index in [1.54, 1.807) is 12.4 Å². The van der Waals surface area contributed by atoms with Crippen LogP contribution in [0, 0.1) is 0 Å². The van der Waals surface area contributed by atoms with E-state index < -0.39 is 0 Å². The van der Waals surface area contributed by atoms with E-state index in [1.165, 1.54) is 11.3 Å². The molecule has 4 aromatic rings. The summed E-state index contributed by atoms with van der Waals surface area (Å²) < 4.78 is 0. The Hall–Kier alpha value is -3.38. The molecule has 0 saturated heterocycles. The van der Waals surface area contributed by atoms with Crippen molar-refractivity contribution < 1.29 is 4.79 Å². The number of hydrogen-bond acceptors (Lipinski definition) is 5. The summed E-state index contributed by atoms with van der Waals surface area (Å²) in [6.07, 6.45) is 3.77. The molecule has 6 heteroatoms. The first kappa shape index (κ1) is 18.0. The third kappa shape index (κ3) is 4.29. The van der Waals surface area contributed by atoms with Gasteiger partial charge in [-0.1, -0.05) is 72.0 Å². The first-order chi connectivity index (χ1) is 13.8. The summed E-state index contributed by atoms with van der Waals surface area (Å²) >= 11 is 1.34. The van der Waals surface area contributed by atoms with Gasteiger partial charge in [-0.2, -0.15) is 0 Å². The maximum absolute atomic E-state index is 12.7. The van der Waals surface area contributed by atoms with Crippen LogP contribution in [-0.4, -0.2) is 21.1 Å². The lowest BCUT2D eigenvalue weighted by Gasteiger charge is -2.17. The van der Waals surface area contributed by atoms with Crippen LogP contribution >= 0.6 is 11.3 Å². The van der Waals surface area contributed by atoms with Crippen LogP contribution in [0.2, 0.25) is 0 Å². The Bertz CT molecular complexity index is 996. The predicted molar refractivity (Wildman–Crippen MR) is 111 cm³/mol. The van der Waals surface area contributed by atoms with Gasteiger partial charge in [-0.25, -0.2) is 0 Å². The molecule has 2 aromatic carbocycles. The number of pyridine rings is 1. The molecule has 0 aliphatic rings. The maximum Gasteiger partial charge on any atom is 0.227 e. The van der Waals surface area contributed by atoms with E-state index in [4.69, 9.17) is 0 Å². The molecule has 0 bridgehead atoms. The molecule has 2 heterocycles. The maximum atomic E-state index is 12.7. The monoisotopic (exact) mass is 386 g/mol. The highest BCUT2D eigenvalue weighted by atomic mass is 32.1. The molecule has 0 saturated carbocycles. The van der Waals surface area contributed by atoms with Crippen LogP contribution in [0.15, 0.2) is 85.2 Å². The Kier molecular flexibility index (Phi) is 5.49. The highest BCUT2D eigenvalue weighted by Crippen LogP contribution is 2.29. The lowest BCUT2D eigenvalue weighted by molar-refractivity contribution is -0.116. The fraction of sp³-hybridized carbons (Fsp3) is 0.0909. The van der Waals surface area contributed by atoms with E-state index in [0.29, 0.717) is 11.6 Å². The summed E-state index contributed by atoms with van der Waals surface area (Å²) in [6, 6.07) is 23.9. The second kappa shape index (κ2) is 8.54. The van der Waals surface area contributed by atoms with Crippen molar-refractivity contribution >= 4 is 22.4 Å². The van der Waals surface area contributed by atoms with E-state index in [-0.39, 0.29) is 11.8 Å². The van der Waals surface area contributed by atoms with Crippen LogP contribution in [0.4, 0.5) is 5.13 Å². The standard InChI is InChI=1S/C22H18N4OS/c27-20(24-22-26-25-21(28-22)18-12-7-13-23-15-18)14-19(16-8-3-1-4-9-16)17-10-5-2-6-11-17/h1-13,15,19H,14H2,(H,24,26,27). The predicted octanol–water partition coefficient (Wildman–Crippen LogP) is 4.76. The van der Waals surface area contributed by atoms with Crippen LogP contribution in [0.1, 0.15) is 23.5 Å². The number of nitrogens with one attached hydrogen (secondary N) is 1. The van der Waals surface area contributed by atoms with Gasteiger partial charge in [0.05, 0.1) is 0 Å². The average molecular weight is 386 g/mol. The summed E-state index contributed by atoms with van der Waals surface area (Å²) in [5.74, 6) is -0.111. The zero-order chi connectivity index (χ0) is 19.2.